The van der Waals surface area contributed by atoms with Gasteiger partial charge in [0, 0.05) is 18.9 Å². The van der Waals surface area contributed by atoms with E-state index in [9.17, 15) is 4.79 Å². The number of aromatic nitrogens is 4. The summed E-state index contributed by atoms with van der Waals surface area (Å²) >= 11 is 1.44. The summed E-state index contributed by atoms with van der Waals surface area (Å²) in [4.78, 5) is 23.9. The summed E-state index contributed by atoms with van der Waals surface area (Å²) in [5.74, 6) is 0.469. The smallest absolute Gasteiger partial charge is 0.280 e. The Morgan fingerprint density at radius 1 is 1.21 bits per heavy atom. The molecule has 0 spiro atoms. The Kier molecular flexibility index (Phi) is 5.03. The number of para-hydroxylation sites is 1. The van der Waals surface area contributed by atoms with E-state index in [1.807, 2.05) is 43.3 Å². The number of hydrogen-bond acceptors (Lipinski definition) is 6. The van der Waals surface area contributed by atoms with E-state index in [4.69, 9.17) is 4.74 Å². The molecule has 0 aliphatic rings. The minimum absolute atomic E-state index is 0.212. The predicted octanol–water partition coefficient (Wildman–Crippen LogP) is 3.76. The molecule has 4 aromatic rings. The zero-order chi connectivity index (χ0) is 19.5. The highest BCUT2D eigenvalue weighted by molar-refractivity contribution is 7.22. The number of thiazole rings is 1. The zero-order valence-electron chi connectivity index (χ0n) is 15.6. The predicted molar refractivity (Wildman–Crippen MR) is 109 cm³/mol. The van der Waals surface area contributed by atoms with Crippen LogP contribution in [-0.4, -0.2) is 32.8 Å². The molecule has 3 aromatic heterocycles. The average Bonchev–Trinajstić information content (AvgIpc) is 3.39. The minimum atomic E-state index is -0.212. The van der Waals surface area contributed by atoms with Crippen LogP contribution in [0.1, 0.15) is 23.1 Å². The summed E-state index contributed by atoms with van der Waals surface area (Å²) in [5, 5.41) is 4.95. The average molecular weight is 393 g/mol. The monoisotopic (exact) mass is 393 g/mol. The van der Waals surface area contributed by atoms with Crippen molar-refractivity contribution in [1.29, 1.82) is 0 Å². The summed E-state index contributed by atoms with van der Waals surface area (Å²) in [5.41, 5.74) is 1.89. The van der Waals surface area contributed by atoms with Gasteiger partial charge in [0.2, 0.25) is 0 Å². The van der Waals surface area contributed by atoms with Crippen LogP contribution in [0.2, 0.25) is 0 Å². The molecule has 0 aliphatic carbocycles. The maximum atomic E-state index is 13.3. The summed E-state index contributed by atoms with van der Waals surface area (Å²) in [6.07, 6.45) is 3.51. The molecule has 7 nitrogen and oxygen atoms in total. The van der Waals surface area contributed by atoms with Gasteiger partial charge in [-0.1, -0.05) is 23.5 Å². The number of ether oxygens (including phenoxy) is 1. The van der Waals surface area contributed by atoms with E-state index in [0.717, 1.165) is 15.9 Å². The normalized spacial score (nSPS) is 10.9. The van der Waals surface area contributed by atoms with Crippen LogP contribution < -0.4 is 9.64 Å². The highest BCUT2D eigenvalue weighted by Crippen LogP contribution is 2.35. The van der Waals surface area contributed by atoms with E-state index in [0.29, 0.717) is 29.7 Å². The van der Waals surface area contributed by atoms with Gasteiger partial charge in [-0.25, -0.2) is 4.98 Å². The number of hydrogen-bond donors (Lipinski definition) is 0. The van der Waals surface area contributed by atoms with E-state index in [-0.39, 0.29) is 5.91 Å². The second-order valence-corrected chi connectivity index (χ2v) is 7.08. The molecule has 142 valence electrons. The van der Waals surface area contributed by atoms with Crippen molar-refractivity contribution in [3.8, 4) is 5.75 Å². The van der Waals surface area contributed by atoms with Crippen molar-refractivity contribution >= 4 is 32.6 Å². The zero-order valence-corrected chi connectivity index (χ0v) is 16.4. The van der Waals surface area contributed by atoms with E-state index >= 15 is 0 Å². The van der Waals surface area contributed by atoms with Crippen molar-refractivity contribution in [2.45, 2.75) is 20.0 Å². The SMILES string of the molecule is CCn1ccc(C(=O)N(Cc2ccccn2)c2nc3c(OC)cccc3s2)n1. The standard InChI is InChI=1S/C20H19N5O2S/c1-3-24-12-10-15(23-24)19(26)25(13-14-7-4-5-11-21-14)20-22-18-16(27-2)8-6-9-17(18)28-20/h4-12H,3,13H2,1-2H3. The molecule has 0 bridgehead atoms. The number of methoxy groups -OCH3 is 1. The van der Waals surface area contributed by atoms with Gasteiger partial charge >= 0.3 is 0 Å². The number of nitrogens with zero attached hydrogens (tertiary/aromatic N) is 5. The molecule has 28 heavy (non-hydrogen) atoms. The fourth-order valence-corrected chi connectivity index (χ4v) is 3.84. The molecule has 3 heterocycles. The van der Waals surface area contributed by atoms with Crippen LogP contribution in [0.25, 0.3) is 10.2 Å². The van der Waals surface area contributed by atoms with Crippen molar-refractivity contribution in [2.75, 3.05) is 12.0 Å². The van der Waals surface area contributed by atoms with Gasteiger partial charge in [-0.15, -0.1) is 0 Å². The largest absolute Gasteiger partial charge is 0.494 e. The molecule has 0 saturated heterocycles. The Hall–Kier alpha value is -3.26. The van der Waals surface area contributed by atoms with Crippen LogP contribution in [0, 0.1) is 0 Å². The maximum absolute atomic E-state index is 13.3. The van der Waals surface area contributed by atoms with Crippen LogP contribution in [0.3, 0.4) is 0 Å². The number of rotatable bonds is 6. The lowest BCUT2D eigenvalue weighted by molar-refractivity contribution is 0.0979. The Balaban J connectivity index is 1.77. The van der Waals surface area contributed by atoms with Gasteiger partial charge in [-0.05, 0) is 37.3 Å². The number of anilines is 1. The van der Waals surface area contributed by atoms with Crippen LogP contribution in [0.15, 0.2) is 54.9 Å². The van der Waals surface area contributed by atoms with Crippen molar-refractivity contribution in [3.05, 3.63) is 66.2 Å². The molecule has 0 aliphatic heterocycles. The lowest BCUT2D eigenvalue weighted by Crippen LogP contribution is -2.31. The van der Waals surface area contributed by atoms with Crippen molar-refractivity contribution < 1.29 is 9.53 Å². The number of amides is 1. The summed E-state index contributed by atoms with van der Waals surface area (Å²) < 4.78 is 8.10. The quantitative estimate of drug-likeness (QED) is 0.499. The van der Waals surface area contributed by atoms with Crippen LogP contribution >= 0.6 is 11.3 Å². The highest BCUT2D eigenvalue weighted by Gasteiger charge is 2.24. The van der Waals surface area contributed by atoms with Crippen molar-refractivity contribution in [2.24, 2.45) is 0 Å². The molecule has 4 rings (SSSR count). The molecule has 0 atom stereocenters. The summed E-state index contributed by atoms with van der Waals surface area (Å²) in [6.45, 7) is 2.99. The summed E-state index contributed by atoms with van der Waals surface area (Å²) in [6, 6.07) is 13.1. The molecule has 0 N–H and O–H groups in total. The van der Waals surface area contributed by atoms with Gasteiger partial charge in [0.05, 0.1) is 24.0 Å². The van der Waals surface area contributed by atoms with Gasteiger partial charge in [-0.3, -0.25) is 19.4 Å². The van der Waals surface area contributed by atoms with Crippen LogP contribution in [0.5, 0.6) is 5.75 Å². The second-order valence-electron chi connectivity index (χ2n) is 6.07. The first-order valence-electron chi connectivity index (χ1n) is 8.88. The maximum Gasteiger partial charge on any atom is 0.280 e. The number of fused-ring (bicyclic) bond motifs is 1. The summed E-state index contributed by atoms with van der Waals surface area (Å²) in [7, 11) is 1.61. The topological polar surface area (TPSA) is 73.1 Å². The number of aryl methyl sites for hydroxylation is 1. The third kappa shape index (κ3) is 3.46. The van der Waals surface area contributed by atoms with Gasteiger partial charge in [0.15, 0.2) is 10.8 Å². The number of carbonyl (C=O) groups is 1. The van der Waals surface area contributed by atoms with Gasteiger partial charge in [0.1, 0.15) is 11.3 Å². The molecule has 0 radical (unpaired) electrons. The molecular weight excluding hydrogens is 374 g/mol. The first kappa shape index (κ1) is 18.1. The Labute approximate surface area is 166 Å². The number of carbonyl (C=O) groups excluding carboxylic acids is 1. The lowest BCUT2D eigenvalue weighted by Gasteiger charge is -2.18. The number of pyridine rings is 1. The Morgan fingerprint density at radius 2 is 2.11 bits per heavy atom. The van der Waals surface area contributed by atoms with Gasteiger partial charge in [-0.2, -0.15) is 5.10 Å². The van der Waals surface area contributed by atoms with Gasteiger partial charge in [0.25, 0.3) is 5.91 Å². The first-order chi connectivity index (χ1) is 13.7. The van der Waals surface area contributed by atoms with E-state index < -0.39 is 0 Å². The molecule has 0 unspecified atom stereocenters. The van der Waals surface area contributed by atoms with Crippen molar-refractivity contribution in [3.63, 3.8) is 0 Å². The molecule has 0 fully saturated rings. The fraction of sp³-hybridized carbons (Fsp3) is 0.200. The molecule has 1 aromatic carbocycles. The first-order valence-corrected chi connectivity index (χ1v) is 9.70. The third-order valence-corrected chi connectivity index (χ3v) is 5.34. The Morgan fingerprint density at radius 3 is 2.82 bits per heavy atom. The Bertz CT molecular complexity index is 1110. The lowest BCUT2D eigenvalue weighted by atomic mass is 10.3. The van der Waals surface area contributed by atoms with Gasteiger partial charge < -0.3 is 4.74 Å². The molecule has 8 heteroatoms. The highest BCUT2D eigenvalue weighted by atomic mass is 32.1. The minimum Gasteiger partial charge on any atom is -0.494 e. The molecule has 1 amide bonds. The second kappa shape index (κ2) is 7.77. The fourth-order valence-electron chi connectivity index (χ4n) is 2.86. The van der Waals surface area contributed by atoms with E-state index in [2.05, 4.69) is 15.1 Å². The van der Waals surface area contributed by atoms with Crippen LogP contribution in [-0.2, 0) is 13.1 Å². The van der Waals surface area contributed by atoms with Crippen molar-refractivity contribution in [1.82, 2.24) is 19.7 Å². The van der Waals surface area contributed by atoms with Crippen LogP contribution in [0.4, 0.5) is 5.13 Å². The van der Waals surface area contributed by atoms with E-state index in [1.54, 1.807) is 35.2 Å². The number of benzene rings is 1. The third-order valence-electron chi connectivity index (χ3n) is 4.30. The molecule has 0 saturated carbocycles. The molecular formula is C20H19N5O2S. The van der Waals surface area contributed by atoms with E-state index in [1.165, 1.54) is 11.3 Å².